The molecule has 2 fully saturated rings. The van der Waals surface area contributed by atoms with Crippen molar-refractivity contribution in [1.82, 2.24) is 24.7 Å². The molecule has 10 nitrogen and oxygen atoms in total. The van der Waals surface area contributed by atoms with Crippen molar-refractivity contribution in [1.29, 1.82) is 0 Å². The second kappa shape index (κ2) is 9.08. The Balaban J connectivity index is 1.08. The molecule has 3 aromatic heterocycles. The van der Waals surface area contributed by atoms with Gasteiger partial charge in [0.05, 0.1) is 47.9 Å². The number of aromatic amines is 1. The molecule has 3 aliphatic heterocycles. The second-order valence-electron chi connectivity index (χ2n) is 9.84. The maximum Gasteiger partial charge on any atom is 0.408 e. The van der Waals surface area contributed by atoms with E-state index in [4.69, 9.17) is 25.8 Å². The highest BCUT2D eigenvalue weighted by molar-refractivity contribution is 6.33. The first-order chi connectivity index (χ1) is 18.7. The maximum atomic E-state index is 12.9. The molecule has 0 spiro atoms. The van der Waals surface area contributed by atoms with Crippen molar-refractivity contribution in [2.75, 3.05) is 18.1 Å². The zero-order valence-electron chi connectivity index (χ0n) is 20.2. The number of hydrogen-bond donors (Lipinski definition) is 2. The molecule has 1 aromatic carbocycles. The molecular formula is C25H22ClF3N6O4. The van der Waals surface area contributed by atoms with E-state index in [2.05, 4.69) is 20.1 Å². The minimum absolute atomic E-state index is 0.204. The number of benzene rings is 1. The average Bonchev–Trinajstić information content (AvgIpc) is 3.69. The Bertz CT molecular complexity index is 1540. The van der Waals surface area contributed by atoms with Gasteiger partial charge in [0.1, 0.15) is 24.9 Å². The van der Waals surface area contributed by atoms with Gasteiger partial charge in [-0.25, -0.2) is 4.98 Å². The van der Waals surface area contributed by atoms with Crippen molar-refractivity contribution < 1.29 is 32.5 Å². The van der Waals surface area contributed by atoms with Crippen LogP contribution in [0, 0.1) is 0 Å². The Kier molecular flexibility index (Phi) is 5.74. The first-order valence-corrected chi connectivity index (χ1v) is 12.7. The molecule has 4 aromatic rings. The van der Waals surface area contributed by atoms with Crippen LogP contribution in [0.1, 0.15) is 11.3 Å². The fourth-order valence-corrected chi connectivity index (χ4v) is 5.63. The van der Waals surface area contributed by atoms with E-state index in [0.29, 0.717) is 40.7 Å². The summed E-state index contributed by atoms with van der Waals surface area (Å²) in [5, 5.41) is 14.2. The van der Waals surface area contributed by atoms with Gasteiger partial charge in [0.2, 0.25) is 0 Å². The van der Waals surface area contributed by atoms with Crippen LogP contribution in [0.25, 0.3) is 22.4 Å². The first-order valence-electron chi connectivity index (χ1n) is 12.3. The summed E-state index contributed by atoms with van der Waals surface area (Å²) < 4.78 is 56.8. The van der Waals surface area contributed by atoms with Gasteiger partial charge >= 0.3 is 6.18 Å². The third-order valence-electron chi connectivity index (χ3n) is 7.22. The molecule has 2 N–H and O–H groups in total. The Morgan fingerprint density at radius 3 is 2.69 bits per heavy atom. The standard InChI is InChI=1S/C25H22ClF3N6O4/c26-15-5-16-23(33-24(31-16)39-19-10-38-21-18(36)9-37-22(19)21)32-20(15)12-1-3-14(4-2-12)34-7-13-6-30-35(17(13)8-34)11-25(27,28)29/h1-6,18-19,21-22,36H,7-11H2,(H,31,32,33)/t18-,19-,21-,22-/m1/s1. The summed E-state index contributed by atoms with van der Waals surface area (Å²) in [5.41, 5.74) is 4.52. The van der Waals surface area contributed by atoms with E-state index >= 15 is 0 Å². The molecule has 204 valence electrons. The molecule has 14 heteroatoms. The van der Waals surface area contributed by atoms with Crippen LogP contribution in [0.3, 0.4) is 0 Å². The number of halogens is 4. The monoisotopic (exact) mass is 562 g/mol. The third kappa shape index (κ3) is 4.48. The summed E-state index contributed by atoms with van der Waals surface area (Å²) in [6, 6.07) is 9.47. The molecule has 6 heterocycles. The van der Waals surface area contributed by atoms with Crippen LogP contribution in [-0.4, -0.2) is 73.6 Å². The lowest BCUT2D eigenvalue weighted by atomic mass is 10.1. The molecule has 2 saturated heterocycles. The van der Waals surface area contributed by atoms with Crippen molar-refractivity contribution in [3.63, 3.8) is 0 Å². The van der Waals surface area contributed by atoms with Crippen molar-refractivity contribution in [3.05, 3.63) is 52.8 Å². The smallest absolute Gasteiger partial charge is 0.408 e. The number of ether oxygens (including phenoxy) is 3. The van der Waals surface area contributed by atoms with Crippen molar-refractivity contribution in [2.45, 2.75) is 50.2 Å². The minimum Gasteiger partial charge on any atom is -0.456 e. The van der Waals surface area contributed by atoms with E-state index in [-0.39, 0.29) is 25.3 Å². The highest BCUT2D eigenvalue weighted by Gasteiger charge is 2.48. The fraction of sp³-hybridized carbons (Fsp3) is 0.400. The van der Waals surface area contributed by atoms with Gasteiger partial charge in [0.25, 0.3) is 6.01 Å². The molecule has 0 aliphatic carbocycles. The number of aliphatic hydroxyl groups is 1. The van der Waals surface area contributed by atoms with Gasteiger partial charge < -0.3 is 29.2 Å². The summed E-state index contributed by atoms with van der Waals surface area (Å²) in [7, 11) is 0. The molecule has 0 amide bonds. The van der Waals surface area contributed by atoms with Gasteiger partial charge in [0.15, 0.2) is 11.8 Å². The summed E-state index contributed by atoms with van der Waals surface area (Å²) in [5.74, 6) is 0. The number of pyridine rings is 1. The Morgan fingerprint density at radius 2 is 1.90 bits per heavy atom. The van der Waals surface area contributed by atoms with Gasteiger partial charge in [-0.2, -0.15) is 23.3 Å². The highest BCUT2D eigenvalue weighted by atomic mass is 35.5. The number of hydrogen-bond acceptors (Lipinski definition) is 8. The number of imidazole rings is 1. The first kappa shape index (κ1) is 24.6. The number of rotatable bonds is 5. The van der Waals surface area contributed by atoms with Crippen LogP contribution < -0.4 is 9.64 Å². The average molecular weight is 563 g/mol. The van der Waals surface area contributed by atoms with Gasteiger partial charge in [-0.15, -0.1) is 0 Å². The third-order valence-corrected chi connectivity index (χ3v) is 7.51. The van der Waals surface area contributed by atoms with E-state index in [1.165, 1.54) is 6.20 Å². The van der Waals surface area contributed by atoms with Gasteiger partial charge in [-0.1, -0.05) is 23.7 Å². The topological polar surface area (TPSA) is 111 Å². The number of aromatic nitrogens is 5. The molecule has 0 saturated carbocycles. The van der Waals surface area contributed by atoms with Crippen LogP contribution in [0.15, 0.2) is 36.5 Å². The Labute approximate surface area is 224 Å². The van der Waals surface area contributed by atoms with E-state index in [0.717, 1.165) is 21.5 Å². The fourth-order valence-electron chi connectivity index (χ4n) is 5.37. The summed E-state index contributed by atoms with van der Waals surface area (Å²) in [6.07, 6.45) is -4.70. The lowest BCUT2D eigenvalue weighted by molar-refractivity contribution is -0.143. The molecule has 0 unspecified atom stereocenters. The summed E-state index contributed by atoms with van der Waals surface area (Å²) >= 11 is 6.56. The number of nitrogens with one attached hydrogen (secondary N) is 1. The zero-order valence-corrected chi connectivity index (χ0v) is 21.0. The number of nitrogens with zero attached hydrogens (tertiary/aromatic N) is 5. The lowest BCUT2D eigenvalue weighted by Crippen LogP contribution is -2.34. The normalized spacial score (nSPS) is 24.5. The molecule has 0 bridgehead atoms. The SMILES string of the molecule is O[C@@H]1CO[C@H]2[C@@H]1OC[C@H]2Oc1nc2nc(-c3ccc(N4Cc5cnn(CC(F)(F)F)c5C4)cc3)c(Cl)cc2[nH]1. The number of aliphatic hydroxyl groups excluding tert-OH is 1. The van der Waals surface area contributed by atoms with Crippen LogP contribution in [0.2, 0.25) is 5.02 Å². The lowest BCUT2D eigenvalue weighted by Gasteiger charge is -2.19. The number of anilines is 1. The van der Waals surface area contributed by atoms with Gasteiger partial charge in [-0.05, 0) is 18.2 Å². The van der Waals surface area contributed by atoms with Crippen LogP contribution >= 0.6 is 11.6 Å². The quantitative estimate of drug-likeness (QED) is 0.381. The van der Waals surface area contributed by atoms with Crippen LogP contribution in [0.5, 0.6) is 6.01 Å². The van der Waals surface area contributed by atoms with Gasteiger partial charge in [0, 0.05) is 23.4 Å². The van der Waals surface area contributed by atoms with Crippen LogP contribution in [-0.2, 0) is 29.1 Å². The molecule has 0 radical (unpaired) electrons. The summed E-state index contributed by atoms with van der Waals surface area (Å²) in [4.78, 5) is 14.1. The van der Waals surface area contributed by atoms with Crippen molar-refractivity contribution in [2.24, 2.45) is 0 Å². The molecular weight excluding hydrogens is 541 g/mol. The van der Waals surface area contributed by atoms with E-state index in [9.17, 15) is 18.3 Å². The predicted molar refractivity (Wildman–Crippen MR) is 132 cm³/mol. The molecule has 4 atom stereocenters. The predicted octanol–water partition coefficient (Wildman–Crippen LogP) is 3.46. The van der Waals surface area contributed by atoms with Crippen molar-refractivity contribution in [3.8, 4) is 17.3 Å². The molecule has 3 aliphatic rings. The van der Waals surface area contributed by atoms with Crippen LogP contribution in [0.4, 0.5) is 18.9 Å². The Morgan fingerprint density at radius 1 is 1.10 bits per heavy atom. The summed E-state index contributed by atoms with van der Waals surface area (Å²) in [6.45, 7) is 0.191. The molecule has 7 rings (SSSR count). The number of fused-ring (bicyclic) bond motifs is 3. The number of alkyl halides is 3. The van der Waals surface area contributed by atoms with E-state index < -0.39 is 31.0 Å². The van der Waals surface area contributed by atoms with E-state index in [1.807, 2.05) is 29.2 Å². The van der Waals surface area contributed by atoms with Gasteiger partial charge in [-0.3, -0.25) is 4.68 Å². The minimum atomic E-state index is -4.33. The molecule has 39 heavy (non-hydrogen) atoms. The maximum absolute atomic E-state index is 12.9. The highest BCUT2D eigenvalue weighted by Crippen LogP contribution is 2.34. The second-order valence-corrected chi connectivity index (χ2v) is 10.3. The van der Waals surface area contributed by atoms with E-state index in [1.54, 1.807) is 6.07 Å². The largest absolute Gasteiger partial charge is 0.456 e. The number of H-pyrrole nitrogens is 1. The Hall–Kier alpha value is -3.39. The van der Waals surface area contributed by atoms with Crippen molar-refractivity contribution >= 4 is 28.5 Å². The zero-order chi connectivity index (χ0) is 26.9.